The van der Waals surface area contributed by atoms with Crippen LogP contribution in [-0.2, 0) is 10.0 Å². The van der Waals surface area contributed by atoms with E-state index >= 15 is 0 Å². The van der Waals surface area contributed by atoms with Crippen LogP contribution in [0.25, 0.3) is 11.3 Å². The Labute approximate surface area is 182 Å². The Morgan fingerprint density at radius 1 is 0.935 bits per heavy atom. The number of furan rings is 1. The van der Waals surface area contributed by atoms with Crippen LogP contribution in [0.3, 0.4) is 0 Å². The minimum Gasteiger partial charge on any atom is -0.451 e. The van der Waals surface area contributed by atoms with Crippen LogP contribution in [0.15, 0.2) is 63.9 Å². The molecule has 1 aromatic heterocycles. The lowest BCUT2D eigenvalue weighted by Gasteiger charge is -2.33. The topological polar surface area (TPSA) is 70.8 Å². The molecule has 0 radical (unpaired) electrons. The van der Waals surface area contributed by atoms with Crippen molar-refractivity contribution >= 4 is 27.5 Å². The van der Waals surface area contributed by atoms with E-state index in [9.17, 15) is 22.0 Å². The molecule has 6 nitrogen and oxygen atoms in total. The number of sulfonamides is 1. The van der Waals surface area contributed by atoms with Gasteiger partial charge in [-0.05, 0) is 42.5 Å². The molecule has 1 aliphatic rings. The second kappa shape index (κ2) is 8.41. The molecule has 0 N–H and O–H groups in total. The fraction of sp³-hybridized carbons (Fsp3) is 0.190. The first-order valence-electron chi connectivity index (χ1n) is 9.36. The van der Waals surface area contributed by atoms with Crippen LogP contribution in [0.2, 0.25) is 5.02 Å². The summed E-state index contributed by atoms with van der Waals surface area (Å²) in [5.41, 5.74) is 0.246. The van der Waals surface area contributed by atoms with Crippen molar-refractivity contribution in [3.8, 4) is 11.3 Å². The Balaban J connectivity index is 1.45. The van der Waals surface area contributed by atoms with Crippen molar-refractivity contribution in [3.05, 3.63) is 77.0 Å². The number of amides is 1. The molecular formula is C21H17ClF2N2O4S. The fourth-order valence-electron chi connectivity index (χ4n) is 3.33. The molecule has 10 heteroatoms. The van der Waals surface area contributed by atoms with Crippen LogP contribution in [-0.4, -0.2) is 49.7 Å². The monoisotopic (exact) mass is 466 g/mol. The van der Waals surface area contributed by atoms with E-state index in [2.05, 4.69) is 0 Å². The molecule has 0 aliphatic carbocycles. The van der Waals surface area contributed by atoms with E-state index in [1.54, 1.807) is 18.2 Å². The average molecular weight is 467 g/mol. The Kier molecular flexibility index (Phi) is 5.83. The van der Waals surface area contributed by atoms with E-state index in [1.165, 1.54) is 27.4 Å². The zero-order valence-electron chi connectivity index (χ0n) is 16.1. The minimum absolute atomic E-state index is 0.0416. The summed E-state index contributed by atoms with van der Waals surface area (Å²) in [6.45, 7) is 0.402. The number of piperazine rings is 1. The normalized spacial score (nSPS) is 15.3. The lowest BCUT2D eigenvalue weighted by molar-refractivity contribution is 0.0667. The van der Waals surface area contributed by atoms with Gasteiger partial charge in [-0.3, -0.25) is 4.79 Å². The van der Waals surface area contributed by atoms with Gasteiger partial charge in [0.25, 0.3) is 5.91 Å². The molecule has 1 aliphatic heterocycles. The van der Waals surface area contributed by atoms with Gasteiger partial charge in [0.1, 0.15) is 17.4 Å². The zero-order valence-corrected chi connectivity index (χ0v) is 17.7. The molecule has 0 bridgehead atoms. The van der Waals surface area contributed by atoms with Gasteiger partial charge >= 0.3 is 0 Å². The van der Waals surface area contributed by atoms with Crippen LogP contribution >= 0.6 is 11.6 Å². The Hall–Kier alpha value is -2.75. The number of benzene rings is 2. The predicted octanol–water partition coefficient (Wildman–Crippen LogP) is 4.02. The summed E-state index contributed by atoms with van der Waals surface area (Å²) in [7, 11) is -3.87. The maximum atomic E-state index is 13.9. The molecule has 0 spiro atoms. The third kappa shape index (κ3) is 4.21. The maximum Gasteiger partial charge on any atom is 0.289 e. The van der Waals surface area contributed by atoms with E-state index in [1.807, 2.05) is 0 Å². The third-order valence-corrected chi connectivity index (χ3v) is 7.20. The molecule has 0 atom stereocenters. The van der Waals surface area contributed by atoms with E-state index in [4.69, 9.17) is 16.0 Å². The van der Waals surface area contributed by atoms with Crippen molar-refractivity contribution in [2.45, 2.75) is 4.90 Å². The highest BCUT2D eigenvalue weighted by atomic mass is 35.5. The fourth-order valence-corrected chi connectivity index (χ4v) is 5.03. The second-order valence-electron chi connectivity index (χ2n) is 6.92. The van der Waals surface area contributed by atoms with Crippen molar-refractivity contribution in [1.82, 2.24) is 9.21 Å². The summed E-state index contributed by atoms with van der Waals surface area (Å²) in [6.07, 6.45) is 0. The SMILES string of the molecule is O=C(c1ccc(-c2ccccc2F)o1)N1CCN(S(=O)(=O)c2ccc(F)c(Cl)c2)CC1. The number of carbonyl (C=O) groups is 1. The van der Waals surface area contributed by atoms with Gasteiger partial charge in [0, 0.05) is 26.2 Å². The Morgan fingerprint density at radius 3 is 2.32 bits per heavy atom. The molecule has 2 heterocycles. The predicted molar refractivity (Wildman–Crippen MR) is 110 cm³/mol. The summed E-state index contributed by atoms with van der Waals surface area (Å²) in [4.78, 5) is 14.1. The van der Waals surface area contributed by atoms with Gasteiger partial charge < -0.3 is 9.32 Å². The van der Waals surface area contributed by atoms with E-state index in [-0.39, 0.29) is 53.2 Å². The van der Waals surface area contributed by atoms with Crippen molar-refractivity contribution in [3.63, 3.8) is 0 Å². The van der Waals surface area contributed by atoms with Crippen LogP contribution in [0.5, 0.6) is 0 Å². The quantitative estimate of drug-likeness (QED) is 0.582. The number of hydrogen-bond acceptors (Lipinski definition) is 4. The van der Waals surface area contributed by atoms with E-state index in [0.29, 0.717) is 0 Å². The van der Waals surface area contributed by atoms with Crippen LogP contribution in [0, 0.1) is 11.6 Å². The van der Waals surface area contributed by atoms with Gasteiger partial charge in [0.2, 0.25) is 10.0 Å². The highest BCUT2D eigenvalue weighted by molar-refractivity contribution is 7.89. The number of rotatable bonds is 4. The molecule has 1 amide bonds. The Morgan fingerprint density at radius 2 is 1.65 bits per heavy atom. The Bertz CT molecular complexity index is 1240. The first-order chi connectivity index (χ1) is 14.8. The number of hydrogen-bond donors (Lipinski definition) is 0. The number of carbonyl (C=O) groups excluding carboxylic acids is 1. The highest BCUT2D eigenvalue weighted by Gasteiger charge is 2.31. The minimum atomic E-state index is -3.87. The van der Waals surface area contributed by atoms with Gasteiger partial charge in [0.15, 0.2) is 5.76 Å². The average Bonchev–Trinajstić information content (AvgIpc) is 3.25. The molecule has 0 unspecified atom stereocenters. The molecule has 31 heavy (non-hydrogen) atoms. The molecule has 2 aromatic carbocycles. The molecule has 4 rings (SSSR count). The smallest absolute Gasteiger partial charge is 0.289 e. The summed E-state index contributed by atoms with van der Waals surface area (Å²) in [5, 5.41) is -0.279. The second-order valence-corrected chi connectivity index (χ2v) is 9.26. The van der Waals surface area contributed by atoms with Crippen LogP contribution in [0.1, 0.15) is 10.6 Å². The number of nitrogens with zero attached hydrogens (tertiary/aromatic N) is 2. The lowest BCUT2D eigenvalue weighted by Crippen LogP contribution is -2.50. The molecule has 162 valence electrons. The summed E-state index contributed by atoms with van der Waals surface area (Å²) < 4.78 is 59.6. The van der Waals surface area contributed by atoms with Crippen LogP contribution < -0.4 is 0 Å². The summed E-state index contributed by atoms with van der Waals surface area (Å²) >= 11 is 5.70. The molecule has 1 saturated heterocycles. The molecule has 1 fully saturated rings. The van der Waals surface area contributed by atoms with Gasteiger partial charge in [-0.15, -0.1) is 0 Å². The van der Waals surface area contributed by atoms with Gasteiger partial charge in [-0.1, -0.05) is 23.7 Å². The standard InChI is InChI=1S/C21H17ClF2N2O4S/c22-16-13-14(5-6-18(16)24)31(28,29)26-11-9-25(10-12-26)21(27)20-8-7-19(30-20)15-3-1-2-4-17(15)23/h1-8,13H,9-12H2. The van der Waals surface area contributed by atoms with Gasteiger partial charge in [0.05, 0.1) is 15.5 Å². The van der Waals surface area contributed by atoms with Gasteiger partial charge in [-0.25, -0.2) is 17.2 Å². The maximum absolute atomic E-state index is 13.9. The highest BCUT2D eigenvalue weighted by Crippen LogP contribution is 2.26. The van der Waals surface area contributed by atoms with E-state index < -0.39 is 27.6 Å². The van der Waals surface area contributed by atoms with Crippen LogP contribution in [0.4, 0.5) is 8.78 Å². The van der Waals surface area contributed by atoms with Crippen molar-refractivity contribution in [2.75, 3.05) is 26.2 Å². The van der Waals surface area contributed by atoms with Crippen molar-refractivity contribution in [2.24, 2.45) is 0 Å². The molecule has 0 saturated carbocycles. The van der Waals surface area contributed by atoms with Crippen molar-refractivity contribution < 1.29 is 26.4 Å². The first-order valence-corrected chi connectivity index (χ1v) is 11.2. The van der Waals surface area contributed by atoms with E-state index in [0.717, 1.165) is 18.2 Å². The lowest BCUT2D eigenvalue weighted by atomic mass is 10.1. The zero-order chi connectivity index (χ0) is 22.2. The molecular weight excluding hydrogens is 450 g/mol. The largest absolute Gasteiger partial charge is 0.451 e. The number of halogens is 3. The van der Waals surface area contributed by atoms with Crippen molar-refractivity contribution in [1.29, 1.82) is 0 Å². The van der Waals surface area contributed by atoms with Gasteiger partial charge in [-0.2, -0.15) is 4.31 Å². The summed E-state index contributed by atoms with van der Waals surface area (Å²) in [5.74, 6) is -1.31. The summed E-state index contributed by atoms with van der Waals surface area (Å²) in [6, 6.07) is 12.3. The third-order valence-electron chi connectivity index (χ3n) is 5.01. The first kappa shape index (κ1) is 21.5. The molecule has 3 aromatic rings.